The SMILES string of the molecule is C[C@@H](CC(C(=O)c1cc(C(F)(F)F)cc(C(F)(F)F)c1)(c1ccccc1)c1ccccc1)N(C)C. The molecule has 0 fully saturated rings. The van der Waals surface area contributed by atoms with Gasteiger partial charge in [0.25, 0.3) is 0 Å². The van der Waals surface area contributed by atoms with E-state index in [1.807, 2.05) is 11.8 Å². The molecule has 0 amide bonds. The molecule has 0 radical (unpaired) electrons. The predicted octanol–water partition coefficient (Wildman–Crippen LogP) is 7.23. The van der Waals surface area contributed by atoms with Crippen LogP contribution in [0.1, 0.15) is 46.0 Å². The first-order chi connectivity index (χ1) is 16.3. The Morgan fingerprint density at radius 1 is 0.714 bits per heavy atom. The number of halogens is 6. The van der Waals surface area contributed by atoms with E-state index in [2.05, 4.69) is 0 Å². The lowest BCUT2D eigenvalue weighted by Gasteiger charge is -2.38. The smallest absolute Gasteiger partial charge is 0.307 e. The number of nitrogens with zero attached hydrogens (tertiary/aromatic N) is 1. The molecule has 8 heteroatoms. The van der Waals surface area contributed by atoms with E-state index >= 15 is 0 Å². The summed E-state index contributed by atoms with van der Waals surface area (Å²) < 4.78 is 81.4. The Bertz CT molecular complexity index is 1080. The average Bonchev–Trinajstić information content (AvgIpc) is 2.81. The Hall–Kier alpha value is -3.13. The first-order valence-electron chi connectivity index (χ1n) is 10.9. The zero-order chi connectivity index (χ0) is 26.0. The minimum Gasteiger partial charge on any atom is -0.307 e. The molecule has 3 rings (SSSR count). The zero-order valence-corrected chi connectivity index (χ0v) is 19.4. The number of benzene rings is 3. The molecule has 3 aromatic carbocycles. The van der Waals surface area contributed by atoms with Crippen molar-refractivity contribution in [3.8, 4) is 0 Å². The molecule has 0 aliphatic heterocycles. The largest absolute Gasteiger partial charge is 0.416 e. The van der Waals surface area contributed by atoms with Crippen molar-refractivity contribution in [2.45, 2.75) is 37.2 Å². The summed E-state index contributed by atoms with van der Waals surface area (Å²) in [6, 6.07) is 17.7. The Morgan fingerprint density at radius 2 is 1.11 bits per heavy atom. The van der Waals surface area contributed by atoms with Gasteiger partial charge in [-0.1, -0.05) is 60.7 Å². The molecule has 0 unspecified atom stereocenters. The lowest BCUT2D eigenvalue weighted by molar-refractivity contribution is -0.143. The Kier molecular flexibility index (Phi) is 7.45. The van der Waals surface area contributed by atoms with Crippen molar-refractivity contribution in [1.29, 1.82) is 0 Å². The number of carbonyl (C=O) groups excluding carboxylic acids is 1. The summed E-state index contributed by atoms with van der Waals surface area (Å²) in [5.41, 5.74) is -4.26. The second kappa shape index (κ2) is 9.85. The summed E-state index contributed by atoms with van der Waals surface area (Å²) in [6.07, 6.45) is -9.99. The number of rotatable bonds is 7. The second-order valence-electron chi connectivity index (χ2n) is 8.78. The monoisotopic (exact) mass is 493 g/mol. The quantitative estimate of drug-likeness (QED) is 0.256. The normalized spacial score (nSPS) is 13.7. The maximum Gasteiger partial charge on any atom is 0.416 e. The van der Waals surface area contributed by atoms with Crippen molar-refractivity contribution in [2.24, 2.45) is 0 Å². The first-order valence-corrected chi connectivity index (χ1v) is 10.9. The molecular formula is C27H25F6NO. The zero-order valence-electron chi connectivity index (χ0n) is 19.4. The van der Waals surface area contributed by atoms with Crippen LogP contribution in [0.2, 0.25) is 0 Å². The fourth-order valence-electron chi connectivity index (χ4n) is 4.16. The molecule has 0 aromatic heterocycles. The molecule has 0 saturated heterocycles. The molecule has 0 heterocycles. The number of hydrogen-bond donors (Lipinski definition) is 0. The minimum atomic E-state index is -5.06. The van der Waals surface area contributed by atoms with Crippen LogP contribution in [0.25, 0.3) is 0 Å². The van der Waals surface area contributed by atoms with E-state index in [1.165, 1.54) is 0 Å². The fourth-order valence-corrected chi connectivity index (χ4v) is 4.16. The number of ketones is 1. The maximum absolute atomic E-state index is 14.2. The molecule has 0 bridgehead atoms. The van der Waals surface area contributed by atoms with Gasteiger partial charge in [-0.05, 0) is 56.8 Å². The van der Waals surface area contributed by atoms with Crippen molar-refractivity contribution in [1.82, 2.24) is 4.90 Å². The van der Waals surface area contributed by atoms with Crippen molar-refractivity contribution in [2.75, 3.05) is 14.1 Å². The highest BCUT2D eigenvalue weighted by Gasteiger charge is 2.45. The van der Waals surface area contributed by atoms with Gasteiger partial charge in [0.2, 0.25) is 0 Å². The molecule has 1 atom stereocenters. The van der Waals surface area contributed by atoms with Gasteiger partial charge in [-0.25, -0.2) is 0 Å². The van der Waals surface area contributed by atoms with Crippen molar-refractivity contribution in [3.05, 3.63) is 107 Å². The van der Waals surface area contributed by atoms with Gasteiger partial charge < -0.3 is 4.90 Å². The molecule has 0 spiro atoms. The van der Waals surface area contributed by atoms with Crippen molar-refractivity contribution in [3.63, 3.8) is 0 Å². The van der Waals surface area contributed by atoms with Crippen LogP contribution in [0.5, 0.6) is 0 Å². The summed E-state index contributed by atoms with van der Waals surface area (Å²) in [5, 5.41) is 0. The number of Topliss-reactive ketones (excluding diaryl/α,β-unsaturated/α-hetero) is 1. The van der Waals surface area contributed by atoms with Crippen LogP contribution >= 0.6 is 0 Å². The third-order valence-corrected chi connectivity index (χ3v) is 6.25. The molecule has 35 heavy (non-hydrogen) atoms. The number of carbonyl (C=O) groups is 1. The van der Waals surface area contributed by atoms with E-state index in [9.17, 15) is 31.1 Å². The Morgan fingerprint density at radius 3 is 1.46 bits per heavy atom. The maximum atomic E-state index is 14.2. The van der Waals surface area contributed by atoms with Crippen LogP contribution in [0.4, 0.5) is 26.3 Å². The van der Waals surface area contributed by atoms with E-state index in [-0.39, 0.29) is 18.5 Å². The van der Waals surface area contributed by atoms with Gasteiger partial charge >= 0.3 is 12.4 Å². The Balaban J connectivity index is 2.37. The van der Waals surface area contributed by atoms with Gasteiger partial charge in [-0.2, -0.15) is 26.3 Å². The highest BCUT2D eigenvalue weighted by molar-refractivity contribution is 6.07. The topological polar surface area (TPSA) is 20.3 Å². The Labute approximate surface area is 200 Å². The van der Waals surface area contributed by atoms with Crippen LogP contribution < -0.4 is 0 Å². The lowest BCUT2D eigenvalue weighted by Crippen LogP contribution is -2.43. The first kappa shape index (κ1) is 26.5. The molecule has 0 aliphatic rings. The summed E-state index contributed by atoms with van der Waals surface area (Å²) in [6.45, 7) is 1.85. The molecule has 186 valence electrons. The summed E-state index contributed by atoms with van der Waals surface area (Å²) in [4.78, 5) is 16.1. The van der Waals surface area contributed by atoms with E-state index < -0.39 is 40.2 Å². The van der Waals surface area contributed by atoms with Gasteiger partial charge in [0, 0.05) is 11.6 Å². The lowest BCUT2D eigenvalue weighted by atomic mass is 9.66. The third-order valence-electron chi connectivity index (χ3n) is 6.25. The predicted molar refractivity (Wildman–Crippen MR) is 122 cm³/mol. The van der Waals surface area contributed by atoms with Gasteiger partial charge in [0.15, 0.2) is 5.78 Å². The summed E-state index contributed by atoms with van der Waals surface area (Å²) in [7, 11) is 3.59. The van der Waals surface area contributed by atoms with Crippen LogP contribution in [0.15, 0.2) is 78.9 Å². The average molecular weight is 493 g/mol. The van der Waals surface area contributed by atoms with Gasteiger partial charge in [0.1, 0.15) is 0 Å². The third kappa shape index (κ3) is 5.59. The van der Waals surface area contributed by atoms with Crippen LogP contribution in [-0.4, -0.2) is 30.8 Å². The number of hydrogen-bond acceptors (Lipinski definition) is 2. The standard InChI is InChI=1S/C27H25F6NO/c1-18(34(2)3)17-25(20-10-6-4-7-11-20,21-12-8-5-9-13-21)24(35)19-14-22(26(28,29)30)16-23(15-19)27(31,32)33/h4-16,18H,17H2,1-3H3/t18-/m0/s1. The minimum absolute atomic E-state index is 0.0337. The van der Waals surface area contributed by atoms with Crippen LogP contribution in [0.3, 0.4) is 0 Å². The molecule has 0 saturated carbocycles. The van der Waals surface area contributed by atoms with Gasteiger partial charge in [0.05, 0.1) is 16.5 Å². The second-order valence-corrected chi connectivity index (χ2v) is 8.78. The summed E-state index contributed by atoms with van der Waals surface area (Å²) >= 11 is 0. The van der Waals surface area contributed by atoms with Gasteiger partial charge in [-0.3, -0.25) is 4.79 Å². The summed E-state index contributed by atoms with van der Waals surface area (Å²) in [5.74, 6) is -0.833. The van der Waals surface area contributed by atoms with E-state index in [0.717, 1.165) is 0 Å². The highest BCUT2D eigenvalue weighted by atomic mass is 19.4. The van der Waals surface area contributed by atoms with E-state index in [4.69, 9.17) is 0 Å². The molecular weight excluding hydrogens is 468 g/mol. The fraction of sp³-hybridized carbons (Fsp3) is 0.296. The molecule has 3 aromatic rings. The van der Waals surface area contributed by atoms with Gasteiger partial charge in [-0.15, -0.1) is 0 Å². The van der Waals surface area contributed by atoms with E-state index in [0.29, 0.717) is 23.3 Å². The highest BCUT2D eigenvalue weighted by Crippen LogP contribution is 2.43. The number of alkyl halides is 6. The van der Waals surface area contributed by atoms with Crippen molar-refractivity contribution >= 4 is 5.78 Å². The van der Waals surface area contributed by atoms with Crippen LogP contribution in [0, 0.1) is 0 Å². The molecule has 0 N–H and O–H groups in total. The molecule has 2 nitrogen and oxygen atoms in total. The molecule has 0 aliphatic carbocycles. The van der Waals surface area contributed by atoms with Crippen molar-refractivity contribution < 1.29 is 31.1 Å². The van der Waals surface area contributed by atoms with E-state index in [1.54, 1.807) is 74.8 Å². The van der Waals surface area contributed by atoms with Crippen LogP contribution in [-0.2, 0) is 17.8 Å².